The molecule has 2 unspecified atom stereocenters. The van der Waals surface area contributed by atoms with Crippen molar-refractivity contribution in [1.82, 2.24) is 14.8 Å². The molecule has 6 heterocycles. The van der Waals surface area contributed by atoms with Crippen molar-refractivity contribution >= 4 is 34.3 Å². The summed E-state index contributed by atoms with van der Waals surface area (Å²) in [5.41, 5.74) is 1.81. The number of aromatic nitrogens is 1. The Morgan fingerprint density at radius 1 is 1.04 bits per heavy atom. The first kappa shape index (κ1) is 37.1. The van der Waals surface area contributed by atoms with E-state index in [9.17, 15) is 14.7 Å². The largest absolute Gasteiger partial charge is 0.496 e. The number of likely N-dealkylation sites (N-methyl/N-ethyl adjacent to an activating group) is 1. The Morgan fingerprint density at radius 2 is 1.82 bits per heavy atom. The average Bonchev–Trinajstić information content (AvgIpc) is 3.84. The molecule has 2 fully saturated rings. The standard InChI is InChI=1S/C45H54N4O7/c1-8-28-19-29-22-44(26(3)50,37-31(25-48(23-28)24-29)30-13-10-11-14-34(30)46-37)33-20-32-35(21-36(33)54-6)47(5)39-43(32)16-18-49-17-12-15-42(9-2,38(43)49)40(56-27(4)51)45(39,53)41(52)55-7/h10-15,19-21,29,38-40,46,53H,8-9,16-18,22-25H2,1-7H3/t29-,38-,39+,40+,42+,43?,44-,45-/m0/s1. The highest BCUT2D eigenvalue weighted by Crippen LogP contribution is 2.68. The molecule has 3 aromatic rings. The summed E-state index contributed by atoms with van der Waals surface area (Å²) < 4.78 is 18.0. The van der Waals surface area contributed by atoms with Gasteiger partial charge in [-0.25, -0.2) is 4.79 Å². The van der Waals surface area contributed by atoms with E-state index in [0.29, 0.717) is 44.6 Å². The van der Waals surface area contributed by atoms with Gasteiger partial charge in [0.05, 0.1) is 25.7 Å². The number of rotatable bonds is 7. The van der Waals surface area contributed by atoms with E-state index in [-0.39, 0.29) is 17.7 Å². The van der Waals surface area contributed by atoms with Crippen LogP contribution in [0.25, 0.3) is 10.9 Å². The summed E-state index contributed by atoms with van der Waals surface area (Å²) in [6, 6.07) is 11.4. The number of methoxy groups -OCH3 is 2. The number of para-hydroxylation sites is 1. The molecule has 1 aliphatic carbocycles. The van der Waals surface area contributed by atoms with Crippen LogP contribution in [0.5, 0.6) is 5.75 Å². The van der Waals surface area contributed by atoms with Gasteiger partial charge in [-0.15, -0.1) is 0 Å². The van der Waals surface area contributed by atoms with Gasteiger partial charge in [-0.2, -0.15) is 0 Å². The molecule has 11 heteroatoms. The van der Waals surface area contributed by atoms with Crippen molar-refractivity contribution in [3.05, 3.63) is 82.6 Å². The van der Waals surface area contributed by atoms with Gasteiger partial charge in [-0.3, -0.25) is 19.4 Å². The summed E-state index contributed by atoms with van der Waals surface area (Å²) in [7, 11) is 4.83. The summed E-state index contributed by atoms with van der Waals surface area (Å²) >= 11 is 0. The number of ketones is 1. The Labute approximate surface area is 328 Å². The number of carbonyl (C=O) groups excluding carboxylic acids is 3. The summed E-state index contributed by atoms with van der Waals surface area (Å²) in [6.07, 6.45) is 7.95. The summed E-state index contributed by atoms with van der Waals surface area (Å²) in [5.74, 6) is -0.721. The number of nitrogens with zero attached hydrogens (tertiary/aromatic N) is 3. The maximum atomic E-state index is 15.0. The van der Waals surface area contributed by atoms with Gasteiger partial charge in [0.2, 0.25) is 5.60 Å². The van der Waals surface area contributed by atoms with Crippen molar-refractivity contribution in [2.75, 3.05) is 52.3 Å². The normalized spacial score (nSPS) is 35.4. The van der Waals surface area contributed by atoms with E-state index in [4.69, 9.17) is 14.2 Å². The number of Topliss-reactive ketones (excluding diaryl/α,β-unsaturated/α-hetero) is 1. The van der Waals surface area contributed by atoms with Crippen molar-refractivity contribution in [3.63, 3.8) is 0 Å². The quantitative estimate of drug-likeness (QED) is 0.246. The van der Waals surface area contributed by atoms with Crippen LogP contribution in [0, 0.1) is 11.3 Å². The van der Waals surface area contributed by atoms with Crippen LogP contribution in [0.2, 0.25) is 0 Å². The van der Waals surface area contributed by atoms with Crippen LogP contribution in [0.1, 0.15) is 75.8 Å². The first-order valence-corrected chi connectivity index (χ1v) is 20.2. The predicted octanol–water partition coefficient (Wildman–Crippen LogP) is 5.17. The van der Waals surface area contributed by atoms with Crippen LogP contribution in [0.3, 0.4) is 0 Å². The number of aromatic amines is 1. The average molecular weight is 763 g/mol. The molecule has 2 N–H and O–H groups in total. The number of esters is 2. The molecule has 296 valence electrons. The third kappa shape index (κ3) is 4.59. The van der Waals surface area contributed by atoms with Crippen molar-refractivity contribution in [3.8, 4) is 5.75 Å². The minimum atomic E-state index is -2.25. The molecule has 9 atom stereocenters. The Morgan fingerprint density at radius 3 is 2.52 bits per heavy atom. The zero-order valence-electron chi connectivity index (χ0n) is 33.6. The van der Waals surface area contributed by atoms with Crippen molar-refractivity contribution in [2.45, 2.75) is 94.5 Å². The SMILES string of the molecule is CCC1=C[C@@H]2CN(C1)Cc1c([nH]c3ccccc13)[C@@](C(C)=O)(c1cc3c(cc1OC)N(C)[C@@H]1C34CCN3CC=C[C@](CC)([C@H]34)[C@@H](OC(C)=O)[C@]1(O)C(=O)OC)C2. The second kappa shape index (κ2) is 12.8. The Kier molecular flexibility index (Phi) is 8.48. The molecule has 0 amide bonds. The van der Waals surface area contributed by atoms with Gasteiger partial charge in [-0.05, 0) is 68.3 Å². The molecule has 5 aliphatic heterocycles. The van der Waals surface area contributed by atoms with Gasteiger partial charge in [0.25, 0.3) is 0 Å². The smallest absolute Gasteiger partial charge is 0.344 e. The van der Waals surface area contributed by atoms with Gasteiger partial charge in [0, 0.05) is 90.9 Å². The zero-order valence-corrected chi connectivity index (χ0v) is 33.6. The number of anilines is 1. The highest BCUT2D eigenvalue weighted by Gasteiger charge is 2.80. The number of hydrogen-bond donors (Lipinski definition) is 2. The van der Waals surface area contributed by atoms with E-state index >= 15 is 4.79 Å². The minimum absolute atomic E-state index is 0.0237. The van der Waals surface area contributed by atoms with E-state index in [0.717, 1.165) is 58.5 Å². The lowest BCUT2D eigenvalue weighted by molar-refractivity contribution is -0.228. The highest BCUT2D eigenvalue weighted by atomic mass is 16.6. The van der Waals surface area contributed by atoms with Crippen LogP contribution in [0.4, 0.5) is 5.69 Å². The molecule has 1 aromatic heterocycles. The lowest BCUT2D eigenvalue weighted by Gasteiger charge is -2.63. The van der Waals surface area contributed by atoms with Crippen molar-refractivity contribution in [1.29, 1.82) is 0 Å². The van der Waals surface area contributed by atoms with E-state index < -0.39 is 45.9 Å². The number of fused-ring (bicyclic) bond motifs is 6. The fourth-order valence-corrected chi connectivity index (χ4v) is 12.9. The monoisotopic (exact) mass is 762 g/mol. The van der Waals surface area contributed by atoms with E-state index in [1.165, 1.54) is 19.6 Å². The number of H-pyrrole nitrogens is 1. The van der Waals surface area contributed by atoms with Crippen LogP contribution >= 0.6 is 0 Å². The van der Waals surface area contributed by atoms with Crippen LogP contribution in [0.15, 0.2) is 60.2 Å². The topological polar surface area (TPSA) is 125 Å². The molecule has 6 aliphatic rings. The number of benzene rings is 2. The van der Waals surface area contributed by atoms with Gasteiger partial charge < -0.3 is 29.2 Å². The Bertz CT molecular complexity index is 2230. The van der Waals surface area contributed by atoms with Crippen LogP contribution < -0.4 is 9.64 Å². The molecule has 1 saturated carbocycles. The lowest BCUT2D eigenvalue weighted by Crippen LogP contribution is -2.81. The lowest BCUT2D eigenvalue weighted by atomic mass is 9.47. The molecule has 1 spiro atoms. The van der Waals surface area contributed by atoms with Crippen molar-refractivity contribution in [2.24, 2.45) is 11.3 Å². The molecule has 2 aromatic carbocycles. The maximum absolute atomic E-state index is 15.0. The molecular weight excluding hydrogens is 709 g/mol. The van der Waals surface area contributed by atoms with Crippen LogP contribution in [-0.2, 0) is 41.2 Å². The van der Waals surface area contributed by atoms with E-state index in [1.807, 2.05) is 31.0 Å². The summed E-state index contributed by atoms with van der Waals surface area (Å²) in [4.78, 5) is 53.1. The molecule has 0 radical (unpaired) electrons. The molecule has 9 rings (SSSR count). The first-order chi connectivity index (χ1) is 26.8. The first-order valence-electron chi connectivity index (χ1n) is 20.2. The second-order valence-electron chi connectivity index (χ2n) is 17.2. The number of hydrogen-bond acceptors (Lipinski definition) is 10. The number of aliphatic hydroxyl groups is 1. The second-order valence-corrected chi connectivity index (χ2v) is 17.2. The van der Waals surface area contributed by atoms with Crippen LogP contribution in [-0.4, -0.2) is 109 Å². The third-order valence-electron chi connectivity index (χ3n) is 14.8. The molecule has 11 nitrogen and oxygen atoms in total. The molecule has 2 bridgehead atoms. The molecule has 1 saturated heterocycles. The molecule has 56 heavy (non-hydrogen) atoms. The number of ether oxygens (including phenoxy) is 3. The maximum Gasteiger partial charge on any atom is 0.344 e. The number of carbonyl (C=O) groups is 3. The van der Waals surface area contributed by atoms with Gasteiger partial charge in [0.15, 0.2) is 6.10 Å². The zero-order chi connectivity index (χ0) is 39.5. The predicted molar refractivity (Wildman–Crippen MR) is 213 cm³/mol. The van der Waals surface area contributed by atoms with Crippen molar-refractivity contribution < 1.29 is 33.7 Å². The third-order valence-corrected chi connectivity index (χ3v) is 14.8. The Balaban J connectivity index is 1.36. The van der Waals surface area contributed by atoms with Gasteiger partial charge >= 0.3 is 11.9 Å². The summed E-state index contributed by atoms with van der Waals surface area (Å²) in [5, 5.41) is 14.4. The van der Waals surface area contributed by atoms with E-state index in [2.05, 4.69) is 64.2 Å². The van der Waals surface area contributed by atoms with E-state index in [1.54, 1.807) is 14.0 Å². The van der Waals surface area contributed by atoms with Gasteiger partial charge in [-0.1, -0.05) is 55.8 Å². The fourth-order valence-electron chi connectivity index (χ4n) is 12.9. The number of nitrogens with one attached hydrogen (secondary N) is 1. The minimum Gasteiger partial charge on any atom is -0.496 e. The summed E-state index contributed by atoms with van der Waals surface area (Å²) in [6.45, 7) is 11.1. The highest BCUT2D eigenvalue weighted by molar-refractivity contribution is 5.97. The fraction of sp³-hybridized carbons (Fsp3) is 0.533. The molecular formula is C45H54N4O7. The Hall–Kier alpha value is -4.45. The van der Waals surface area contributed by atoms with Gasteiger partial charge in [0.1, 0.15) is 11.5 Å².